The molecular formula is C21H19NOS. The van der Waals surface area contributed by atoms with Gasteiger partial charge in [-0.25, -0.2) is 0 Å². The van der Waals surface area contributed by atoms with E-state index in [0.717, 1.165) is 16.1 Å². The Labute approximate surface area is 147 Å². The molecule has 3 aromatic carbocycles. The van der Waals surface area contributed by atoms with Crippen molar-refractivity contribution in [3.05, 3.63) is 96.6 Å². The molecule has 0 radical (unpaired) electrons. The van der Waals surface area contributed by atoms with Crippen LogP contribution in [0.2, 0.25) is 0 Å². The number of benzene rings is 3. The molecule has 0 spiro atoms. The Kier molecular flexibility index (Phi) is 5.34. The van der Waals surface area contributed by atoms with E-state index in [1.807, 2.05) is 98.0 Å². The van der Waals surface area contributed by atoms with Crippen LogP contribution in [0.4, 0.5) is 5.69 Å². The Morgan fingerprint density at radius 3 is 1.88 bits per heavy atom. The van der Waals surface area contributed by atoms with Crippen LogP contribution in [0.15, 0.2) is 95.9 Å². The van der Waals surface area contributed by atoms with Crippen LogP contribution in [0.5, 0.6) is 0 Å². The molecule has 1 amide bonds. The Morgan fingerprint density at radius 1 is 0.792 bits per heavy atom. The molecule has 0 saturated carbocycles. The third-order valence-electron chi connectivity index (χ3n) is 3.80. The molecule has 120 valence electrons. The van der Waals surface area contributed by atoms with E-state index in [4.69, 9.17) is 0 Å². The van der Waals surface area contributed by atoms with E-state index in [9.17, 15) is 4.79 Å². The van der Waals surface area contributed by atoms with E-state index < -0.39 is 0 Å². The topological polar surface area (TPSA) is 20.3 Å². The fourth-order valence-electron chi connectivity index (χ4n) is 2.48. The number of carbonyl (C=O) groups is 1. The van der Waals surface area contributed by atoms with Crippen molar-refractivity contribution in [1.29, 1.82) is 0 Å². The number of carbonyl (C=O) groups excluding carboxylic acids is 1. The molecule has 2 nitrogen and oxygen atoms in total. The molecule has 24 heavy (non-hydrogen) atoms. The van der Waals surface area contributed by atoms with Crippen molar-refractivity contribution in [3.63, 3.8) is 0 Å². The number of likely N-dealkylation sites (N-methyl/N-ethyl adjacent to an activating group) is 1. The van der Waals surface area contributed by atoms with E-state index in [0.29, 0.717) is 0 Å². The fourth-order valence-corrected chi connectivity index (χ4v) is 3.62. The van der Waals surface area contributed by atoms with Gasteiger partial charge in [0, 0.05) is 17.6 Å². The van der Waals surface area contributed by atoms with Crippen molar-refractivity contribution >= 4 is 23.4 Å². The van der Waals surface area contributed by atoms with Gasteiger partial charge in [0.25, 0.3) is 0 Å². The lowest BCUT2D eigenvalue weighted by molar-refractivity contribution is -0.117. The van der Waals surface area contributed by atoms with Crippen molar-refractivity contribution in [1.82, 2.24) is 0 Å². The summed E-state index contributed by atoms with van der Waals surface area (Å²) >= 11 is 1.58. The minimum Gasteiger partial charge on any atom is -0.314 e. The zero-order valence-electron chi connectivity index (χ0n) is 13.5. The molecule has 0 aliphatic rings. The normalized spacial score (nSPS) is 11.7. The molecule has 0 aliphatic heterocycles. The van der Waals surface area contributed by atoms with Gasteiger partial charge in [-0.3, -0.25) is 4.79 Å². The molecule has 0 heterocycles. The lowest BCUT2D eigenvalue weighted by atomic mass is 10.1. The lowest BCUT2D eigenvalue weighted by Gasteiger charge is -2.24. The van der Waals surface area contributed by atoms with Gasteiger partial charge in [-0.2, -0.15) is 0 Å². The number of thioether (sulfide) groups is 1. The highest BCUT2D eigenvalue weighted by molar-refractivity contribution is 8.00. The van der Waals surface area contributed by atoms with Crippen LogP contribution in [-0.2, 0) is 4.79 Å². The molecular weight excluding hydrogens is 314 g/mol. The Hall–Kier alpha value is -2.52. The van der Waals surface area contributed by atoms with Crippen LogP contribution in [0.3, 0.4) is 0 Å². The average Bonchev–Trinajstić information content (AvgIpc) is 2.67. The van der Waals surface area contributed by atoms with Gasteiger partial charge in [-0.05, 0) is 29.8 Å². The van der Waals surface area contributed by atoms with Crippen LogP contribution in [0.25, 0.3) is 0 Å². The minimum absolute atomic E-state index is 0.0706. The summed E-state index contributed by atoms with van der Waals surface area (Å²) in [5.41, 5.74) is 1.91. The summed E-state index contributed by atoms with van der Waals surface area (Å²) in [6.45, 7) is 0. The largest absolute Gasteiger partial charge is 0.314 e. The number of para-hydroxylation sites is 1. The predicted octanol–water partition coefficient (Wildman–Crippen LogP) is 5.18. The maximum atomic E-state index is 13.2. The number of nitrogens with zero attached hydrogens (tertiary/aromatic N) is 1. The van der Waals surface area contributed by atoms with Gasteiger partial charge in [0.1, 0.15) is 5.25 Å². The molecule has 0 bridgehead atoms. The molecule has 3 heteroatoms. The number of rotatable bonds is 5. The first kappa shape index (κ1) is 16.3. The maximum absolute atomic E-state index is 13.2. The molecule has 0 aliphatic carbocycles. The predicted molar refractivity (Wildman–Crippen MR) is 101 cm³/mol. The van der Waals surface area contributed by atoms with E-state index >= 15 is 0 Å². The molecule has 0 N–H and O–H groups in total. The van der Waals surface area contributed by atoms with E-state index in [1.165, 1.54) is 0 Å². The average molecular weight is 333 g/mol. The molecule has 1 unspecified atom stereocenters. The van der Waals surface area contributed by atoms with Gasteiger partial charge in [-0.15, -0.1) is 11.8 Å². The van der Waals surface area contributed by atoms with Crippen molar-refractivity contribution in [3.8, 4) is 0 Å². The van der Waals surface area contributed by atoms with E-state index in [2.05, 4.69) is 0 Å². The zero-order valence-corrected chi connectivity index (χ0v) is 14.3. The molecule has 0 aromatic heterocycles. The van der Waals surface area contributed by atoms with Crippen LogP contribution < -0.4 is 4.90 Å². The third-order valence-corrected chi connectivity index (χ3v) is 5.05. The summed E-state index contributed by atoms with van der Waals surface area (Å²) in [4.78, 5) is 16.0. The summed E-state index contributed by atoms with van der Waals surface area (Å²) in [5.74, 6) is 0.0706. The number of amides is 1. The smallest absolute Gasteiger partial charge is 0.244 e. The van der Waals surface area contributed by atoms with E-state index in [1.54, 1.807) is 16.7 Å². The second-order valence-corrected chi connectivity index (χ2v) is 6.63. The van der Waals surface area contributed by atoms with Gasteiger partial charge in [-0.1, -0.05) is 66.7 Å². The Balaban J connectivity index is 1.91. The number of hydrogen-bond donors (Lipinski definition) is 0. The van der Waals surface area contributed by atoms with Crippen LogP contribution >= 0.6 is 11.8 Å². The molecule has 0 saturated heterocycles. The second kappa shape index (κ2) is 7.84. The van der Waals surface area contributed by atoms with Crippen molar-refractivity contribution in [2.45, 2.75) is 10.1 Å². The van der Waals surface area contributed by atoms with Crippen LogP contribution in [0, 0.1) is 0 Å². The summed E-state index contributed by atoms with van der Waals surface area (Å²) < 4.78 is 0. The van der Waals surface area contributed by atoms with Crippen LogP contribution in [-0.4, -0.2) is 13.0 Å². The zero-order chi connectivity index (χ0) is 16.8. The van der Waals surface area contributed by atoms with Gasteiger partial charge >= 0.3 is 0 Å². The Morgan fingerprint density at radius 2 is 1.29 bits per heavy atom. The van der Waals surface area contributed by atoms with Crippen molar-refractivity contribution in [2.24, 2.45) is 0 Å². The standard InChI is InChI=1S/C21H19NOS/c1-22(18-13-7-3-8-14-18)21(23)20(17-11-5-2-6-12-17)24-19-15-9-4-10-16-19/h2-16,20H,1H3. The molecule has 0 fully saturated rings. The van der Waals surface area contributed by atoms with Gasteiger partial charge < -0.3 is 4.90 Å². The Bertz CT molecular complexity index is 775. The molecule has 1 atom stereocenters. The highest BCUT2D eigenvalue weighted by Crippen LogP contribution is 2.37. The first-order chi connectivity index (χ1) is 11.8. The van der Waals surface area contributed by atoms with Crippen molar-refractivity contribution < 1.29 is 4.79 Å². The molecule has 3 rings (SSSR count). The SMILES string of the molecule is CN(C(=O)C(Sc1ccccc1)c1ccccc1)c1ccccc1. The van der Waals surface area contributed by atoms with Gasteiger partial charge in [0.2, 0.25) is 5.91 Å². The van der Waals surface area contributed by atoms with Crippen molar-refractivity contribution in [2.75, 3.05) is 11.9 Å². The highest BCUT2D eigenvalue weighted by atomic mass is 32.2. The summed E-state index contributed by atoms with van der Waals surface area (Å²) in [6, 6.07) is 29.7. The van der Waals surface area contributed by atoms with Gasteiger partial charge in [0.05, 0.1) is 0 Å². The van der Waals surface area contributed by atoms with E-state index in [-0.39, 0.29) is 11.2 Å². The number of anilines is 1. The highest BCUT2D eigenvalue weighted by Gasteiger charge is 2.25. The summed E-state index contributed by atoms with van der Waals surface area (Å²) in [6.07, 6.45) is 0. The maximum Gasteiger partial charge on any atom is 0.244 e. The number of hydrogen-bond acceptors (Lipinski definition) is 2. The quantitative estimate of drug-likeness (QED) is 0.599. The lowest BCUT2D eigenvalue weighted by Crippen LogP contribution is -2.30. The first-order valence-corrected chi connectivity index (χ1v) is 8.73. The summed E-state index contributed by atoms with van der Waals surface area (Å²) in [5, 5.41) is -0.279. The van der Waals surface area contributed by atoms with Gasteiger partial charge in [0.15, 0.2) is 0 Å². The monoisotopic (exact) mass is 333 g/mol. The first-order valence-electron chi connectivity index (χ1n) is 7.85. The minimum atomic E-state index is -0.279. The second-order valence-electron chi connectivity index (χ2n) is 5.45. The third kappa shape index (κ3) is 3.87. The van der Waals surface area contributed by atoms with Crippen LogP contribution in [0.1, 0.15) is 10.8 Å². The molecule has 3 aromatic rings. The summed E-state index contributed by atoms with van der Waals surface area (Å²) in [7, 11) is 1.83. The fraction of sp³-hybridized carbons (Fsp3) is 0.0952.